The Hall–Kier alpha value is -1.14. The Bertz CT molecular complexity index is 485. The van der Waals surface area contributed by atoms with Gasteiger partial charge in [-0.15, -0.1) is 11.3 Å². The first-order chi connectivity index (χ1) is 9.85. The topological polar surface area (TPSA) is 49.8 Å². The third-order valence-corrected chi connectivity index (χ3v) is 5.62. The van der Waals surface area contributed by atoms with E-state index >= 15 is 0 Å². The Morgan fingerprint density at radius 2 is 2.20 bits per heavy atom. The first-order valence-electron chi connectivity index (χ1n) is 7.34. The molecule has 1 aromatic rings. The molecule has 20 heavy (non-hydrogen) atoms. The van der Waals surface area contributed by atoms with Crippen LogP contribution in [0.15, 0.2) is 16.6 Å². The van der Waals surface area contributed by atoms with Crippen molar-refractivity contribution in [1.29, 1.82) is 0 Å². The third kappa shape index (κ3) is 2.02. The second kappa shape index (κ2) is 5.00. The highest BCUT2D eigenvalue weighted by molar-refractivity contribution is 7.09. The van der Waals surface area contributed by atoms with E-state index in [2.05, 4.69) is 20.2 Å². The fourth-order valence-corrected chi connectivity index (χ4v) is 4.52. The van der Waals surface area contributed by atoms with Crippen LogP contribution in [0.4, 0.5) is 0 Å². The summed E-state index contributed by atoms with van der Waals surface area (Å²) in [5, 5.41) is 6.55. The van der Waals surface area contributed by atoms with Gasteiger partial charge in [0, 0.05) is 43.5 Å². The molecule has 6 heteroatoms. The molecule has 4 heterocycles. The third-order valence-electron chi connectivity index (χ3n) is 4.85. The summed E-state index contributed by atoms with van der Waals surface area (Å²) in [4.78, 5) is 11.1. The average Bonchev–Trinajstić information content (AvgIpc) is 3.22. The largest absolute Gasteiger partial charge is 0.374 e. The molecule has 3 aliphatic rings. The average molecular weight is 292 g/mol. The number of nitrogens with one attached hydrogen (secondary N) is 1. The lowest BCUT2D eigenvalue weighted by Gasteiger charge is -2.23. The van der Waals surface area contributed by atoms with Gasteiger partial charge in [0.1, 0.15) is 5.01 Å². The smallest absolute Gasteiger partial charge is 0.194 e. The molecule has 5 nitrogen and oxygen atoms in total. The molecule has 4 atom stereocenters. The van der Waals surface area contributed by atoms with E-state index < -0.39 is 0 Å². The molecule has 3 aliphatic heterocycles. The van der Waals surface area contributed by atoms with Crippen molar-refractivity contribution in [3.05, 3.63) is 16.6 Å². The van der Waals surface area contributed by atoms with Gasteiger partial charge in [-0.25, -0.2) is 4.98 Å². The van der Waals surface area contributed by atoms with E-state index in [0.29, 0.717) is 24.0 Å². The minimum Gasteiger partial charge on any atom is -0.374 e. The van der Waals surface area contributed by atoms with Crippen molar-refractivity contribution >= 4 is 17.3 Å². The molecule has 2 bridgehead atoms. The highest BCUT2D eigenvalue weighted by atomic mass is 32.1. The van der Waals surface area contributed by atoms with Crippen molar-refractivity contribution < 1.29 is 4.74 Å². The van der Waals surface area contributed by atoms with Gasteiger partial charge in [-0.2, -0.15) is 0 Å². The molecular formula is C14H20N4OS. The Morgan fingerprint density at radius 3 is 2.80 bits per heavy atom. The zero-order chi connectivity index (χ0) is 13.5. The lowest BCUT2D eigenvalue weighted by atomic mass is 9.82. The number of fused-ring (bicyclic) bond motifs is 5. The van der Waals surface area contributed by atoms with Crippen LogP contribution in [0.1, 0.15) is 17.8 Å². The number of rotatable bonds is 2. The number of ether oxygens (including phenoxy) is 1. The van der Waals surface area contributed by atoms with E-state index in [1.165, 1.54) is 12.8 Å². The molecule has 4 rings (SSSR count). The Kier molecular flexibility index (Phi) is 3.15. The van der Waals surface area contributed by atoms with Crippen LogP contribution in [-0.2, 0) is 11.3 Å². The summed E-state index contributed by atoms with van der Waals surface area (Å²) in [6.07, 6.45) is 5.37. The molecule has 0 aromatic carbocycles. The van der Waals surface area contributed by atoms with E-state index in [9.17, 15) is 0 Å². The Balaban J connectivity index is 1.40. The zero-order valence-electron chi connectivity index (χ0n) is 11.7. The van der Waals surface area contributed by atoms with Crippen LogP contribution in [0.2, 0.25) is 0 Å². The van der Waals surface area contributed by atoms with Crippen molar-refractivity contribution in [2.24, 2.45) is 16.8 Å². The number of guanidine groups is 1. The van der Waals surface area contributed by atoms with Crippen LogP contribution in [0, 0.1) is 11.8 Å². The molecule has 4 unspecified atom stereocenters. The SMILES string of the molecule is CN=C(NCc1nccs1)N1CC2C3CCC(O3)C2C1. The second-order valence-corrected chi connectivity index (χ2v) is 6.83. The van der Waals surface area contributed by atoms with Gasteiger partial charge in [-0.1, -0.05) is 0 Å². The number of nitrogens with zero attached hydrogens (tertiary/aromatic N) is 3. The fraction of sp³-hybridized carbons (Fsp3) is 0.714. The molecule has 1 N–H and O–H groups in total. The van der Waals surface area contributed by atoms with Crippen molar-refractivity contribution in [2.45, 2.75) is 31.6 Å². The van der Waals surface area contributed by atoms with E-state index in [0.717, 1.165) is 30.6 Å². The maximum atomic E-state index is 6.02. The van der Waals surface area contributed by atoms with Gasteiger partial charge in [0.05, 0.1) is 18.8 Å². The fourth-order valence-electron chi connectivity index (χ4n) is 3.96. The van der Waals surface area contributed by atoms with Crippen LogP contribution in [0.25, 0.3) is 0 Å². The highest BCUT2D eigenvalue weighted by Gasteiger charge is 2.53. The predicted molar refractivity (Wildman–Crippen MR) is 78.8 cm³/mol. The van der Waals surface area contributed by atoms with Crippen molar-refractivity contribution in [3.63, 3.8) is 0 Å². The van der Waals surface area contributed by atoms with Crippen molar-refractivity contribution in [1.82, 2.24) is 15.2 Å². The Morgan fingerprint density at radius 1 is 1.45 bits per heavy atom. The molecular weight excluding hydrogens is 272 g/mol. The minimum atomic E-state index is 0.507. The number of aliphatic imine (C=N–C) groups is 1. The summed E-state index contributed by atoms with van der Waals surface area (Å²) >= 11 is 1.68. The monoisotopic (exact) mass is 292 g/mol. The predicted octanol–water partition coefficient (Wildman–Crippen LogP) is 1.33. The number of aromatic nitrogens is 1. The van der Waals surface area contributed by atoms with Gasteiger partial charge in [-0.05, 0) is 12.8 Å². The van der Waals surface area contributed by atoms with Crippen LogP contribution in [0.3, 0.4) is 0 Å². The van der Waals surface area contributed by atoms with Crippen molar-refractivity contribution in [2.75, 3.05) is 20.1 Å². The van der Waals surface area contributed by atoms with Crippen molar-refractivity contribution in [3.8, 4) is 0 Å². The van der Waals surface area contributed by atoms with Gasteiger partial charge in [0.2, 0.25) is 0 Å². The normalized spacial score (nSPS) is 35.6. The standard InChI is InChI=1S/C14H20N4OS/c1-15-14(17-6-13-16-4-5-20-13)18-7-9-10(8-18)12-3-2-11(9)19-12/h4-5,9-12H,2-3,6-8H2,1H3,(H,15,17). The van der Waals surface area contributed by atoms with Gasteiger partial charge in [-0.3, -0.25) is 4.99 Å². The Labute approximate surface area is 123 Å². The molecule has 3 saturated heterocycles. The second-order valence-electron chi connectivity index (χ2n) is 5.85. The summed E-state index contributed by atoms with van der Waals surface area (Å²) in [6, 6.07) is 0. The van der Waals surface area contributed by atoms with Gasteiger partial charge in [0.25, 0.3) is 0 Å². The zero-order valence-corrected chi connectivity index (χ0v) is 12.5. The van der Waals surface area contributed by atoms with Gasteiger partial charge >= 0.3 is 0 Å². The lowest BCUT2D eigenvalue weighted by Crippen LogP contribution is -2.40. The molecule has 0 aliphatic carbocycles. The minimum absolute atomic E-state index is 0.507. The number of hydrogen-bond donors (Lipinski definition) is 1. The van der Waals surface area contributed by atoms with E-state index in [1.807, 2.05) is 18.6 Å². The number of likely N-dealkylation sites (tertiary alicyclic amines) is 1. The summed E-state index contributed by atoms with van der Waals surface area (Å²) in [5.74, 6) is 2.44. The molecule has 108 valence electrons. The molecule has 1 aromatic heterocycles. The maximum absolute atomic E-state index is 6.02. The van der Waals surface area contributed by atoms with Gasteiger partial charge < -0.3 is 15.0 Å². The van der Waals surface area contributed by atoms with E-state index in [-0.39, 0.29) is 0 Å². The molecule has 0 saturated carbocycles. The molecule has 0 spiro atoms. The molecule has 3 fully saturated rings. The summed E-state index contributed by atoms with van der Waals surface area (Å²) in [5.41, 5.74) is 0. The van der Waals surface area contributed by atoms with Crippen LogP contribution in [0.5, 0.6) is 0 Å². The van der Waals surface area contributed by atoms with Crippen LogP contribution in [-0.4, -0.2) is 48.2 Å². The first-order valence-corrected chi connectivity index (χ1v) is 8.22. The number of hydrogen-bond acceptors (Lipinski definition) is 4. The van der Waals surface area contributed by atoms with Crippen LogP contribution >= 0.6 is 11.3 Å². The lowest BCUT2D eigenvalue weighted by molar-refractivity contribution is 0.0767. The summed E-state index contributed by atoms with van der Waals surface area (Å²) in [7, 11) is 1.86. The summed E-state index contributed by atoms with van der Waals surface area (Å²) in [6.45, 7) is 2.94. The van der Waals surface area contributed by atoms with E-state index in [1.54, 1.807) is 11.3 Å². The maximum Gasteiger partial charge on any atom is 0.194 e. The van der Waals surface area contributed by atoms with Gasteiger partial charge in [0.15, 0.2) is 5.96 Å². The number of thiazole rings is 1. The van der Waals surface area contributed by atoms with Crippen LogP contribution < -0.4 is 5.32 Å². The quantitative estimate of drug-likeness (QED) is 0.660. The summed E-state index contributed by atoms with van der Waals surface area (Å²) < 4.78 is 6.02. The first kappa shape index (κ1) is 12.6. The highest BCUT2D eigenvalue weighted by Crippen LogP contribution is 2.47. The molecule has 0 radical (unpaired) electrons. The van der Waals surface area contributed by atoms with E-state index in [4.69, 9.17) is 4.74 Å². The molecule has 0 amide bonds.